The molecule has 9 nitrogen and oxygen atoms in total. The fraction of sp³-hybridized carbons (Fsp3) is 0.441. The normalized spacial score (nSPS) is 15.1. The Balaban J connectivity index is 1.52. The number of anilines is 1. The summed E-state index contributed by atoms with van der Waals surface area (Å²) < 4.78 is 44.3. The molecule has 1 atom stereocenters. The van der Waals surface area contributed by atoms with Gasteiger partial charge in [-0.3, -0.25) is 14.6 Å². The number of halogens is 5. The Bertz CT molecular complexity index is 1820. The van der Waals surface area contributed by atoms with Gasteiger partial charge >= 0.3 is 6.18 Å². The molecular formula is C34H38Cl2F3N7O2. The van der Waals surface area contributed by atoms with Gasteiger partial charge in [0, 0.05) is 49.7 Å². The minimum Gasteiger partial charge on any atom is -0.356 e. The Labute approximate surface area is 287 Å². The Morgan fingerprint density at radius 2 is 1.77 bits per heavy atom. The fourth-order valence-electron chi connectivity index (χ4n) is 5.56. The van der Waals surface area contributed by atoms with Gasteiger partial charge in [-0.2, -0.15) is 13.2 Å². The summed E-state index contributed by atoms with van der Waals surface area (Å²) in [5, 5.41) is 5.85. The number of fused-ring (bicyclic) bond motifs is 1. The highest BCUT2D eigenvalue weighted by molar-refractivity contribution is 6.36. The van der Waals surface area contributed by atoms with E-state index in [1.54, 1.807) is 23.7 Å². The van der Waals surface area contributed by atoms with Crippen molar-refractivity contribution in [2.45, 2.75) is 65.7 Å². The van der Waals surface area contributed by atoms with Crippen molar-refractivity contribution in [1.82, 2.24) is 30.2 Å². The predicted octanol–water partition coefficient (Wildman–Crippen LogP) is 7.19. The number of aryl methyl sites for hydroxylation is 1. The number of hydrogen-bond donors (Lipinski definition) is 2. The zero-order chi connectivity index (χ0) is 35.0. The molecule has 0 bridgehead atoms. The van der Waals surface area contributed by atoms with E-state index in [1.165, 1.54) is 30.5 Å². The summed E-state index contributed by atoms with van der Waals surface area (Å²) in [6.45, 7) is 8.99. The summed E-state index contributed by atoms with van der Waals surface area (Å²) >= 11 is 13.4. The fourth-order valence-corrected chi connectivity index (χ4v) is 6.13. The van der Waals surface area contributed by atoms with E-state index >= 15 is 0 Å². The van der Waals surface area contributed by atoms with Crippen LogP contribution in [0.25, 0.3) is 11.2 Å². The Kier molecular flexibility index (Phi) is 10.3. The molecule has 2 N–H and O–H groups in total. The van der Waals surface area contributed by atoms with Crippen molar-refractivity contribution in [3.63, 3.8) is 0 Å². The number of nitrogens with zero attached hydrogens (tertiary/aromatic N) is 5. The number of imidazole rings is 1. The average molecular weight is 705 g/mol. The molecule has 14 heteroatoms. The third-order valence-electron chi connectivity index (χ3n) is 8.55. The third kappa shape index (κ3) is 7.70. The molecule has 3 aromatic heterocycles. The monoisotopic (exact) mass is 703 g/mol. The minimum atomic E-state index is -4.79. The molecule has 0 radical (unpaired) electrons. The minimum absolute atomic E-state index is 0.0143. The number of aromatic nitrogens is 4. The molecule has 4 aromatic rings. The van der Waals surface area contributed by atoms with Crippen LogP contribution in [0.1, 0.15) is 79.6 Å². The molecule has 1 aliphatic rings. The topological polar surface area (TPSA) is 105 Å². The van der Waals surface area contributed by atoms with Crippen LogP contribution in [0.4, 0.5) is 19.0 Å². The van der Waals surface area contributed by atoms with Crippen LogP contribution in [-0.2, 0) is 24.8 Å². The maximum absolute atomic E-state index is 14.2. The van der Waals surface area contributed by atoms with E-state index in [9.17, 15) is 22.8 Å². The molecule has 1 aliphatic heterocycles. The number of carbonyl (C=O) groups excluding carboxylic acids is 2. The molecule has 1 unspecified atom stereocenters. The van der Waals surface area contributed by atoms with E-state index in [0.29, 0.717) is 57.2 Å². The van der Waals surface area contributed by atoms with Crippen LogP contribution in [0.2, 0.25) is 10.0 Å². The first-order valence-electron chi connectivity index (χ1n) is 15.7. The summed E-state index contributed by atoms with van der Waals surface area (Å²) in [5.74, 6) is 0.216. The van der Waals surface area contributed by atoms with Crippen LogP contribution in [0.3, 0.4) is 0 Å². The second kappa shape index (κ2) is 13.9. The standard InChI is InChI=1S/C34H38Cl2F3N7O2/c1-19-11-14-46(15-12-19)29-22(31(47)43-28(34(37,38)39)24-8-6-7-13-40-24)16-25-30(44-29)45(5)26(42-25)17-21-23(35)10-9-20(27(21)36)18-41-32(48)33(2,3)4/h6-10,13,16,19,28H,11-12,14-15,17-18H2,1-5H3,(H,41,48)(H,43,47). The van der Waals surface area contributed by atoms with Crippen molar-refractivity contribution < 1.29 is 22.8 Å². The first-order valence-corrected chi connectivity index (χ1v) is 16.4. The second-order valence-electron chi connectivity index (χ2n) is 13.3. The van der Waals surface area contributed by atoms with Gasteiger partial charge in [0.1, 0.15) is 17.2 Å². The molecule has 5 rings (SSSR count). The molecule has 1 aromatic carbocycles. The molecule has 0 spiro atoms. The van der Waals surface area contributed by atoms with E-state index in [1.807, 2.05) is 25.7 Å². The van der Waals surface area contributed by atoms with Gasteiger partial charge in [-0.05, 0) is 54.2 Å². The zero-order valence-corrected chi connectivity index (χ0v) is 28.9. The number of alkyl halides is 3. The van der Waals surface area contributed by atoms with Gasteiger partial charge in [0.2, 0.25) is 5.91 Å². The number of rotatable bonds is 8. The summed E-state index contributed by atoms with van der Waals surface area (Å²) in [6.07, 6.45) is -1.65. The number of carbonyl (C=O) groups is 2. The highest BCUT2D eigenvalue weighted by atomic mass is 35.5. The van der Waals surface area contributed by atoms with Crippen molar-refractivity contribution in [1.29, 1.82) is 0 Å². The zero-order valence-electron chi connectivity index (χ0n) is 27.4. The molecule has 1 fully saturated rings. The molecule has 48 heavy (non-hydrogen) atoms. The van der Waals surface area contributed by atoms with Gasteiger partial charge < -0.3 is 20.1 Å². The van der Waals surface area contributed by atoms with E-state index in [4.69, 9.17) is 33.2 Å². The lowest BCUT2D eigenvalue weighted by Gasteiger charge is -2.32. The number of pyridine rings is 2. The first kappa shape index (κ1) is 35.4. The second-order valence-corrected chi connectivity index (χ2v) is 14.1. The van der Waals surface area contributed by atoms with Gasteiger partial charge in [-0.25, -0.2) is 9.97 Å². The predicted molar refractivity (Wildman–Crippen MR) is 180 cm³/mol. The summed E-state index contributed by atoms with van der Waals surface area (Å²) in [5.41, 5.74) is 1.13. The summed E-state index contributed by atoms with van der Waals surface area (Å²) in [6, 6.07) is 6.80. The molecule has 256 valence electrons. The maximum atomic E-state index is 14.2. The maximum Gasteiger partial charge on any atom is 0.414 e. The van der Waals surface area contributed by atoms with Gasteiger partial charge in [-0.1, -0.05) is 63.0 Å². The number of amides is 2. The third-order valence-corrected chi connectivity index (χ3v) is 9.38. The van der Waals surface area contributed by atoms with Crippen LogP contribution < -0.4 is 15.5 Å². The van der Waals surface area contributed by atoms with Crippen molar-refractivity contribution in [2.24, 2.45) is 18.4 Å². The lowest BCUT2D eigenvalue weighted by Crippen LogP contribution is -2.40. The van der Waals surface area contributed by atoms with E-state index in [0.717, 1.165) is 12.8 Å². The SMILES string of the molecule is CC1CCN(c2nc3c(cc2C(=O)NC(c2ccccn2)C(F)(F)F)nc(Cc2c(Cl)ccc(CNC(=O)C(C)(C)C)c2Cl)n3C)CC1. The van der Waals surface area contributed by atoms with Crippen molar-refractivity contribution >= 4 is 52.0 Å². The van der Waals surface area contributed by atoms with Crippen LogP contribution in [-0.4, -0.2) is 50.6 Å². The largest absolute Gasteiger partial charge is 0.414 e. The van der Waals surface area contributed by atoms with Crippen LogP contribution in [0.15, 0.2) is 42.6 Å². The van der Waals surface area contributed by atoms with E-state index in [2.05, 4.69) is 22.5 Å². The summed E-state index contributed by atoms with van der Waals surface area (Å²) in [7, 11) is 1.77. The van der Waals surface area contributed by atoms with Crippen molar-refractivity contribution in [3.05, 3.63) is 80.8 Å². The average Bonchev–Trinajstić information content (AvgIpc) is 3.34. The van der Waals surface area contributed by atoms with Crippen molar-refractivity contribution in [3.8, 4) is 0 Å². The lowest BCUT2D eigenvalue weighted by molar-refractivity contribution is -0.156. The van der Waals surface area contributed by atoms with Crippen LogP contribution in [0.5, 0.6) is 0 Å². The Morgan fingerprint density at radius 3 is 2.40 bits per heavy atom. The Hall–Kier alpha value is -3.90. The van der Waals surface area contributed by atoms with Crippen LogP contribution in [0, 0.1) is 11.3 Å². The molecule has 4 heterocycles. The highest BCUT2D eigenvalue weighted by Crippen LogP contribution is 2.35. The molecule has 1 saturated heterocycles. The van der Waals surface area contributed by atoms with Crippen molar-refractivity contribution in [2.75, 3.05) is 18.0 Å². The summed E-state index contributed by atoms with van der Waals surface area (Å²) in [4.78, 5) is 41.5. The number of piperidine rings is 1. The molecule has 2 amide bonds. The highest BCUT2D eigenvalue weighted by Gasteiger charge is 2.43. The van der Waals surface area contributed by atoms with Gasteiger partial charge in [-0.15, -0.1) is 0 Å². The van der Waals surface area contributed by atoms with E-state index in [-0.39, 0.29) is 35.9 Å². The van der Waals surface area contributed by atoms with E-state index < -0.39 is 23.5 Å². The van der Waals surface area contributed by atoms with Gasteiger partial charge in [0.25, 0.3) is 5.91 Å². The number of nitrogens with one attached hydrogen (secondary N) is 2. The van der Waals surface area contributed by atoms with Gasteiger partial charge in [0.05, 0.1) is 16.3 Å². The Morgan fingerprint density at radius 1 is 1.06 bits per heavy atom. The first-order chi connectivity index (χ1) is 22.5. The van der Waals surface area contributed by atoms with Gasteiger partial charge in [0.15, 0.2) is 11.7 Å². The molecule has 0 aliphatic carbocycles. The molecule has 0 saturated carbocycles. The quantitative estimate of drug-likeness (QED) is 0.201. The number of hydrogen-bond acceptors (Lipinski definition) is 6. The lowest BCUT2D eigenvalue weighted by atomic mass is 9.95. The molecular weight excluding hydrogens is 666 g/mol. The smallest absolute Gasteiger partial charge is 0.356 e. The van der Waals surface area contributed by atoms with Crippen LogP contribution >= 0.6 is 23.2 Å². The number of benzene rings is 1.